The predicted octanol–water partition coefficient (Wildman–Crippen LogP) is 1.30. The lowest BCUT2D eigenvalue weighted by Gasteiger charge is -1.95. The molecule has 0 aliphatic heterocycles. The highest BCUT2D eigenvalue weighted by molar-refractivity contribution is 5.84. The Balaban J connectivity index is 2.44. The largest absolute Gasteiger partial charge is 0.476 e. The number of rotatable bonds is 5. The van der Waals surface area contributed by atoms with Gasteiger partial charge in [-0.15, -0.1) is 0 Å². The van der Waals surface area contributed by atoms with Crippen molar-refractivity contribution in [3.63, 3.8) is 0 Å². The molecule has 5 nitrogen and oxygen atoms in total. The predicted molar refractivity (Wildman–Crippen MR) is 43.4 cm³/mol. The number of hydrogen-bond donors (Lipinski definition) is 1. The first-order valence-corrected chi connectivity index (χ1v) is 3.99. The third-order valence-electron chi connectivity index (χ3n) is 1.34. The summed E-state index contributed by atoms with van der Waals surface area (Å²) in [7, 11) is 0. The zero-order chi connectivity index (χ0) is 9.68. The van der Waals surface area contributed by atoms with Crippen LogP contribution < -0.4 is 0 Å². The van der Waals surface area contributed by atoms with E-state index < -0.39 is 5.97 Å². The minimum atomic E-state index is -1.09. The van der Waals surface area contributed by atoms with Gasteiger partial charge in [0, 0.05) is 6.61 Å². The van der Waals surface area contributed by atoms with Gasteiger partial charge in [-0.2, -0.15) is 0 Å². The zero-order valence-electron chi connectivity index (χ0n) is 7.32. The van der Waals surface area contributed by atoms with Crippen LogP contribution in [-0.4, -0.2) is 22.7 Å². The molecule has 1 heterocycles. The van der Waals surface area contributed by atoms with Crippen molar-refractivity contribution in [2.45, 2.75) is 20.0 Å². The first-order chi connectivity index (χ1) is 6.24. The van der Waals surface area contributed by atoms with Gasteiger partial charge in [0.05, 0.1) is 0 Å². The molecule has 0 saturated heterocycles. The fraction of sp³-hybridized carbons (Fsp3) is 0.500. The number of carboxylic acid groups (broad SMARTS) is 1. The maximum absolute atomic E-state index is 10.4. The highest BCUT2D eigenvalue weighted by Crippen LogP contribution is 2.03. The van der Waals surface area contributed by atoms with Gasteiger partial charge in [0.15, 0.2) is 5.69 Å². The quantitative estimate of drug-likeness (QED) is 0.700. The molecule has 1 N–H and O–H groups in total. The topological polar surface area (TPSA) is 72.6 Å². The van der Waals surface area contributed by atoms with E-state index in [1.807, 2.05) is 6.92 Å². The number of nitrogens with zero attached hydrogens (tertiary/aromatic N) is 1. The maximum atomic E-state index is 10.4. The molecule has 0 aromatic carbocycles. The fourth-order valence-corrected chi connectivity index (χ4v) is 0.779. The third-order valence-corrected chi connectivity index (χ3v) is 1.34. The van der Waals surface area contributed by atoms with Crippen LogP contribution in [0.4, 0.5) is 0 Å². The Kier molecular flexibility index (Phi) is 3.45. The second-order valence-corrected chi connectivity index (χ2v) is 2.48. The first-order valence-electron chi connectivity index (χ1n) is 3.99. The molecule has 5 heteroatoms. The zero-order valence-corrected chi connectivity index (χ0v) is 7.32. The Bertz CT molecular complexity index is 281. The average Bonchev–Trinajstić information content (AvgIpc) is 2.53. The molecule has 0 saturated carbocycles. The van der Waals surface area contributed by atoms with E-state index in [-0.39, 0.29) is 12.3 Å². The van der Waals surface area contributed by atoms with Crippen LogP contribution >= 0.6 is 0 Å². The Hall–Kier alpha value is -1.36. The number of carbonyl (C=O) groups is 1. The molecule has 0 bridgehead atoms. The van der Waals surface area contributed by atoms with Gasteiger partial charge >= 0.3 is 5.97 Å². The molecule has 0 amide bonds. The van der Waals surface area contributed by atoms with Crippen molar-refractivity contribution >= 4 is 5.97 Å². The lowest BCUT2D eigenvalue weighted by atomic mass is 10.5. The minimum Gasteiger partial charge on any atom is -0.476 e. The van der Waals surface area contributed by atoms with Crippen LogP contribution in [0.1, 0.15) is 29.7 Å². The van der Waals surface area contributed by atoms with E-state index in [1.165, 1.54) is 0 Å². The van der Waals surface area contributed by atoms with Crippen molar-refractivity contribution in [3.8, 4) is 0 Å². The summed E-state index contributed by atoms with van der Waals surface area (Å²) in [5.41, 5.74) is -0.0879. The second kappa shape index (κ2) is 4.61. The van der Waals surface area contributed by atoms with Gasteiger partial charge in [-0.05, 0) is 6.42 Å². The van der Waals surface area contributed by atoms with Gasteiger partial charge < -0.3 is 14.3 Å². The standard InChI is InChI=1S/C8H11NO4/c1-2-3-12-5-7-9-6(4-13-7)8(10)11/h4H,2-3,5H2,1H3,(H,10,11). The molecule has 1 aromatic heterocycles. The summed E-state index contributed by atoms with van der Waals surface area (Å²) in [6, 6.07) is 0. The normalized spacial score (nSPS) is 10.2. The highest BCUT2D eigenvalue weighted by atomic mass is 16.5. The maximum Gasteiger partial charge on any atom is 0.357 e. The molecule has 0 unspecified atom stereocenters. The summed E-state index contributed by atoms with van der Waals surface area (Å²) in [6.07, 6.45) is 2.01. The lowest BCUT2D eigenvalue weighted by Crippen LogP contribution is -1.98. The number of aromatic carboxylic acids is 1. The Morgan fingerprint density at radius 2 is 2.54 bits per heavy atom. The summed E-state index contributed by atoms with van der Waals surface area (Å²) in [4.78, 5) is 14.1. The summed E-state index contributed by atoms with van der Waals surface area (Å²) in [5, 5.41) is 8.51. The van der Waals surface area contributed by atoms with E-state index in [2.05, 4.69) is 4.98 Å². The van der Waals surface area contributed by atoms with Crippen LogP contribution in [0.5, 0.6) is 0 Å². The number of oxazole rings is 1. The number of aromatic nitrogens is 1. The molecule has 0 aliphatic rings. The molecule has 0 fully saturated rings. The van der Waals surface area contributed by atoms with Gasteiger partial charge in [-0.1, -0.05) is 6.92 Å². The van der Waals surface area contributed by atoms with E-state index in [0.717, 1.165) is 12.7 Å². The molecular formula is C8H11NO4. The van der Waals surface area contributed by atoms with Crippen molar-refractivity contribution < 1.29 is 19.1 Å². The summed E-state index contributed by atoms with van der Waals surface area (Å²) in [5.74, 6) is -0.795. The third kappa shape index (κ3) is 2.87. The van der Waals surface area contributed by atoms with E-state index >= 15 is 0 Å². The smallest absolute Gasteiger partial charge is 0.357 e. The van der Waals surface area contributed by atoms with Crippen molar-refractivity contribution in [2.24, 2.45) is 0 Å². The minimum absolute atomic E-state index is 0.0879. The second-order valence-electron chi connectivity index (χ2n) is 2.48. The SMILES string of the molecule is CCCOCc1nc(C(=O)O)co1. The Morgan fingerprint density at radius 1 is 1.77 bits per heavy atom. The van der Waals surface area contributed by atoms with Crippen LogP contribution in [0.2, 0.25) is 0 Å². The van der Waals surface area contributed by atoms with Gasteiger partial charge in [-0.3, -0.25) is 0 Å². The van der Waals surface area contributed by atoms with Crippen molar-refractivity contribution in [2.75, 3.05) is 6.61 Å². The monoisotopic (exact) mass is 185 g/mol. The van der Waals surface area contributed by atoms with Crippen LogP contribution in [0.15, 0.2) is 10.7 Å². The van der Waals surface area contributed by atoms with Crippen molar-refractivity contribution in [3.05, 3.63) is 17.8 Å². The number of hydrogen-bond acceptors (Lipinski definition) is 4. The van der Waals surface area contributed by atoms with Crippen molar-refractivity contribution in [1.82, 2.24) is 4.98 Å². The summed E-state index contributed by atoms with van der Waals surface area (Å²) >= 11 is 0. The Morgan fingerprint density at radius 3 is 3.08 bits per heavy atom. The molecule has 0 atom stereocenters. The van der Waals surface area contributed by atoms with Gasteiger partial charge in [0.1, 0.15) is 12.9 Å². The van der Waals surface area contributed by atoms with Gasteiger partial charge in [0.25, 0.3) is 0 Å². The van der Waals surface area contributed by atoms with Crippen molar-refractivity contribution in [1.29, 1.82) is 0 Å². The molecular weight excluding hydrogens is 174 g/mol. The van der Waals surface area contributed by atoms with Crippen LogP contribution in [0.3, 0.4) is 0 Å². The molecule has 1 aromatic rings. The molecule has 13 heavy (non-hydrogen) atoms. The fourth-order valence-electron chi connectivity index (χ4n) is 0.779. The molecule has 0 radical (unpaired) electrons. The number of carboxylic acids is 1. The molecule has 0 aliphatic carbocycles. The first kappa shape index (κ1) is 9.73. The molecule has 1 rings (SSSR count). The van der Waals surface area contributed by atoms with E-state index in [4.69, 9.17) is 14.3 Å². The van der Waals surface area contributed by atoms with E-state index in [9.17, 15) is 4.79 Å². The summed E-state index contributed by atoms with van der Waals surface area (Å²) in [6.45, 7) is 2.82. The Labute approximate surface area is 75.3 Å². The van der Waals surface area contributed by atoms with Gasteiger partial charge in [0.2, 0.25) is 5.89 Å². The summed E-state index contributed by atoms with van der Waals surface area (Å²) < 4.78 is 9.97. The van der Waals surface area contributed by atoms with E-state index in [1.54, 1.807) is 0 Å². The number of ether oxygens (including phenoxy) is 1. The van der Waals surface area contributed by atoms with Crippen LogP contribution in [0, 0.1) is 0 Å². The highest BCUT2D eigenvalue weighted by Gasteiger charge is 2.09. The van der Waals surface area contributed by atoms with E-state index in [0.29, 0.717) is 12.5 Å². The average molecular weight is 185 g/mol. The van der Waals surface area contributed by atoms with Gasteiger partial charge in [-0.25, -0.2) is 9.78 Å². The lowest BCUT2D eigenvalue weighted by molar-refractivity contribution is 0.0690. The molecule has 0 spiro atoms. The molecule has 72 valence electrons. The van der Waals surface area contributed by atoms with Crippen LogP contribution in [0.25, 0.3) is 0 Å². The van der Waals surface area contributed by atoms with Crippen LogP contribution in [-0.2, 0) is 11.3 Å².